The largest absolute Gasteiger partial charge is 0.350 e. The number of imide groups is 1. The molecule has 3 aromatic carbocycles. The van der Waals surface area contributed by atoms with E-state index in [1.807, 2.05) is 6.92 Å². The molecule has 3 amide bonds. The zero-order valence-corrected chi connectivity index (χ0v) is 19.4. The van der Waals surface area contributed by atoms with Gasteiger partial charge in [-0.3, -0.25) is 14.4 Å². The van der Waals surface area contributed by atoms with Gasteiger partial charge in [0, 0.05) is 27.0 Å². The number of aryl methyl sites for hydroxylation is 1. The minimum Gasteiger partial charge on any atom is -0.350 e. The van der Waals surface area contributed by atoms with Crippen LogP contribution in [0, 0.1) is 6.92 Å². The first-order chi connectivity index (χ1) is 15.7. The van der Waals surface area contributed by atoms with Gasteiger partial charge in [0.05, 0.1) is 5.69 Å². The highest BCUT2D eigenvalue weighted by Gasteiger charge is 2.38. The van der Waals surface area contributed by atoms with E-state index in [9.17, 15) is 14.4 Å². The fourth-order valence-electron chi connectivity index (χ4n) is 3.25. The average Bonchev–Trinajstić information content (AvgIpc) is 3.00. The first kappa shape index (κ1) is 22.9. The van der Waals surface area contributed by atoms with E-state index in [-0.39, 0.29) is 16.6 Å². The summed E-state index contributed by atoms with van der Waals surface area (Å²) in [5, 5.41) is 6.54. The Bertz CT molecular complexity index is 1300. The van der Waals surface area contributed by atoms with E-state index in [0.717, 1.165) is 10.5 Å². The Balaban J connectivity index is 1.48. The van der Waals surface area contributed by atoms with Gasteiger partial charge in [0.25, 0.3) is 17.7 Å². The number of rotatable bonds is 5. The lowest BCUT2D eigenvalue weighted by Gasteiger charge is -2.15. The lowest BCUT2D eigenvalue weighted by atomic mass is 10.1. The van der Waals surface area contributed by atoms with Crippen LogP contribution in [0.4, 0.5) is 17.1 Å². The molecule has 0 fully saturated rings. The van der Waals surface area contributed by atoms with Gasteiger partial charge in [-0.15, -0.1) is 0 Å². The average molecular weight is 501 g/mol. The summed E-state index contributed by atoms with van der Waals surface area (Å²) < 4.78 is 0. The first-order valence-electron chi connectivity index (χ1n) is 9.73. The molecule has 1 aliphatic heterocycles. The Morgan fingerprint density at radius 3 is 2.09 bits per heavy atom. The van der Waals surface area contributed by atoms with Crippen molar-refractivity contribution in [2.75, 3.05) is 15.5 Å². The van der Waals surface area contributed by atoms with Crippen LogP contribution in [0.5, 0.6) is 0 Å². The minimum absolute atomic E-state index is 0.0504. The van der Waals surface area contributed by atoms with Crippen molar-refractivity contribution in [3.05, 3.63) is 98.6 Å². The van der Waals surface area contributed by atoms with Crippen molar-refractivity contribution >= 4 is 69.6 Å². The predicted octanol–water partition coefficient (Wildman–Crippen LogP) is 5.99. The van der Waals surface area contributed by atoms with Gasteiger partial charge in [-0.25, -0.2) is 4.90 Å². The summed E-state index contributed by atoms with van der Waals surface area (Å²) >= 11 is 18.0. The van der Waals surface area contributed by atoms with Crippen molar-refractivity contribution in [3.63, 3.8) is 0 Å². The Labute approximate surface area is 204 Å². The number of hydrogen-bond acceptors (Lipinski definition) is 4. The van der Waals surface area contributed by atoms with Crippen LogP contribution in [0.3, 0.4) is 0 Å². The molecule has 1 aliphatic rings. The summed E-state index contributed by atoms with van der Waals surface area (Å²) in [7, 11) is 0. The lowest BCUT2D eigenvalue weighted by Crippen LogP contribution is -2.32. The van der Waals surface area contributed by atoms with Crippen LogP contribution < -0.4 is 15.5 Å². The molecule has 9 heteroatoms. The minimum atomic E-state index is -0.638. The molecule has 0 bridgehead atoms. The molecule has 6 nitrogen and oxygen atoms in total. The van der Waals surface area contributed by atoms with Crippen LogP contribution in [0.2, 0.25) is 10.0 Å². The molecular weight excluding hydrogens is 485 g/mol. The highest BCUT2D eigenvalue weighted by Crippen LogP contribution is 2.31. The third-order valence-electron chi connectivity index (χ3n) is 4.97. The van der Waals surface area contributed by atoms with Crippen LogP contribution in [0.15, 0.2) is 77.5 Å². The van der Waals surface area contributed by atoms with E-state index in [2.05, 4.69) is 10.6 Å². The van der Waals surface area contributed by atoms with Crippen molar-refractivity contribution in [2.24, 2.45) is 0 Å². The van der Waals surface area contributed by atoms with Gasteiger partial charge in [0.1, 0.15) is 10.7 Å². The summed E-state index contributed by atoms with van der Waals surface area (Å²) in [6, 6.07) is 17.9. The van der Waals surface area contributed by atoms with Gasteiger partial charge >= 0.3 is 0 Å². The zero-order chi connectivity index (χ0) is 23.7. The first-order valence-corrected chi connectivity index (χ1v) is 10.9. The Morgan fingerprint density at radius 2 is 1.45 bits per heavy atom. The van der Waals surface area contributed by atoms with Crippen molar-refractivity contribution in [1.29, 1.82) is 0 Å². The Hall–Kier alpha value is -3.32. The maximum atomic E-state index is 12.8. The van der Waals surface area contributed by atoms with E-state index in [1.165, 1.54) is 0 Å². The molecule has 0 saturated carbocycles. The number of hydrogen-bond donors (Lipinski definition) is 2. The molecule has 166 valence electrons. The second-order valence-corrected chi connectivity index (χ2v) is 8.48. The number of amides is 3. The highest BCUT2D eigenvalue weighted by molar-refractivity contribution is 6.53. The second kappa shape index (κ2) is 9.27. The smallest absolute Gasteiger partial charge is 0.283 e. The third kappa shape index (κ3) is 4.73. The van der Waals surface area contributed by atoms with Crippen molar-refractivity contribution in [2.45, 2.75) is 6.92 Å². The highest BCUT2D eigenvalue weighted by atomic mass is 35.5. The molecule has 0 saturated heterocycles. The van der Waals surface area contributed by atoms with E-state index in [4.69, 9.17) is 34.8 Å². The van der Waals surface area contributed by atoms with E-state index < -0.39 is 11.8 Å². The van der Waals surface area contributed by atoms with Crippen LogP contribution in [0.25, 0.3) is 0 Å². The monoisotopic (exact) mass is 499 g/mol. The van der Waals surface area contributed by atoms with Crippen LogP contribution in [-0.4, -0.2) is 17.7 Å². The fraction of sp³-hybridized carbons (Fsp3) is 0.0417. The Morgan fingerprint density at radius 1 is 0.818 bits per heavy atom. The number of nitrogens with one attached hydrogen (secondary N) is 2. The summed E-state index contributed by atoms with van der Waals surface area (Å²) in [4.78, 5) is 38.9. The lowest BCUT2D eigenvalue weighted by molar-refractivity contribution is -0.120. The molecule has 33 heavy (non-hydrogen) atoms. The summed E-state index contributed by atoms with van der Waals surface area (Å²) in [5.41, 5.74) is 2.69. The third-order valence-corrected chi connectivity index (χ3v) is 5.80. The number of halogens is 3. The molecular formula is C24H16Cl3N3O3. The summed E-state index contributed by atoms with van der Waals surface area (Å²) in [6.07, 6.45) is 0. The van der Waals surface area contributed by atoms with Gasteiger partial charge < -0.3 is 10.6 Å². The molecule has 0 atom stereocenters. The molecule has 1 heterocycles. The molecule has 0 spiro atoms. The fourth-order valence-corrected chi connectivity index (χ4v) is 3.81. The van der Waals surface area contributed by atoms with Gasteiger partial charge in [0.15, 0.2) is 0 Å². The number of benzene rings is 3. The van der Waals surface area contributed by atoms with Gasteiger partial charge in [0.2, 0.25) is 0 Å². The molecule has 3 aromatic rings. The van der Waals surface area contributed by atoms with Gasteiger partial charge in [-0.2, -0.15) is 0 Å². The quantitative estimate of drug-likeness (QED) is 0.422. The number of anilines is 3. The van der Waals surface area contributed by atoms with Gasteiger partial charge in [-0.05, 0) is 79.2 Å². The number of carbonyl (C=O) groups is 3. The van der Waals surface area contributed by atoms with E-state index in [0.29, 0.717) is 32.7 Å². The molecule has 0 aliphatic carbocycles. The topological polar surface area (TPSA) is 78.5 Å². The maximum absolute atomic E-state index is 12.8. The van der Waals surface area contributed by atoms with Crippen LogP contribution in [-0.2, 0) is 9.59 Å². The van der Waals surface area contributed by atoms with Crippen LogP contribution in [0.1, 0.15) is 15.9 Å². The predicted molar refractivity (Wildman–Crippen MR) is 131 cm³/mol. The maximum Gasteiger partial charge on any atom is 0.283 e. The van der Waals surface area contributed by atoms with Crippen LogP contribution >= 0.6 is 34.8 Å². The second-order valence-electron chi connectivity index (χ2n) is 7.23. The number of nitrogens with zero attached hydrogens (tertiary/aromatic N) is 1. The normalized spacial score (nSPS) is 13.5. The van der Waals surface area contributed by atoms with E-state index in [1.54, 1.807) is 66.7 Å². The number of carbonyl (C=O) groups excluding carboxylic acids is 3. The standard InChI is InChI=1S/C24H16Cl3N3O3/c1-13-12-16(26)6-11-19(13)29-22(31)14-2-7-17(8-3-14)28-21-20(27)23(32)30(24(21)33)18-9-4-15(25)5-10-18/h2-12,28H,1H3,(H,29,31). The van der Waals surface area contributed by atoms with Crippen molar-refractivity contribution in [3.8, 4) is 0 Å². The summed E-state index contributed by atoms with van der Waals surface area (Å²) in [5.74, 6) is -1.53. The molecule has 0 aromatic heterocycles. The Kier molecular flexibility index (Phi) is 6.42. The van der Waals surface area contributed by atoms with Gasteiger partial charge in [-0.1, -0.05) is 34.8 Å². The molecule has 0 unspecified atom stereocenters. The SMILES string of the molecule is Cc1cc(Cl)ccc1NC(=O)c1ccc(NC2=C(Cl)C(=O)N(c3ccc(Cl)cc3)C2=O)cc1. The van der Waals surface area contributed by atoms with Crippen molar-refractivity contribution < 1.29 is 14.4 Å². The van der Waals surface area contributed by atoms with Crippen molar-refractivity contribution in [1.82, 2.24) is 0 Å². The summed E-state index contributed by atoms with van der Waals surface area (Å²) in [6.45, 7) is 1.85. The zero-order valence-electron chi connectivity index (χ0n) is 17.2. The molecule has 2 N–H and O–H groups in total. The molecule has 4 rings (SSSR count). The van der Waals surface area contributed by atoms with E-state index >= 15 is 0 Å². The molecule has 0 radical (unpaired) electrons.